The Bertz CT molecular complexity index is 344. The van der Waals surface area contributed by atoms with Gasteiger partial charge in [0.25, 0.3) is 0 Å². The van der Waals surface area contributed by atoms with Gasteiger partial charge in [0.15, 0.2) is 0 Å². The van der Waals surface area contributed by atoms with E-state index in [0.29, 0.717) is 15.8 Å². The molecule has 4 N–H and O–H groups in total. The molecule has 0 aromatic carbocycles. The van der Waals surface area contributed by atoms with Crippen molar-refractivity contribution in [2.24, 2.45) is 11.0 Å². The lowest BCUT2D eigenvalue weighted by Crippen LogP contribution is -2.10. The first-order valence-electron chi connectivity index (χ1n) is 5.58. The lowest BCUT2D eigenvalue weighted by molar-refractivity contribution is 0.738. The molecule has 0 spiro atoms. The van der Waals surface area contributed by atoms with Crippen LogP contribution in [-0.2, 0) is 0 Å². The second-order valence-electron chi connectivity index (χ2n) is 4.05. The molecule has 0 heterocycles. The molecule has 6 heteroatoms. The Morgan fingerprint density at radius 2 is 2.18 bits per heavy atom. The summed E-state index contributed by atoms with van der Waals surface area (Å²) in [5.41, 5.74) is 8.61. The van der Waals surface area contributed by atoms with E-state index in [1.54, 1.807) is 19.4 Å². The lowest BCUT2D eigenvalue weighted by atomic mass is 10.2. The number of hydrogen-bond acceptors (Lipinski definition) is 5. The second kappa shape index (κ2) is 7.41. The molecule has 17 heavy (non-hydrogen) atoms. The molecule has 0 bridgehead atoms. The zero-order valence-corrected chi connectivity index (χ0v) is 12.0. The van der Waals surface area contributed by atoms with E-state index >= 15 is 0 Å². The molecule has 0 saturated heterocycles. The van der Waals surface area contributed by atoms with Crippen molar-refractivity contribution in [2.75, 3.05) is 13.6 Å². The molecule has 0 aromatic rings. The highest BCUT2D eigenvalue weighted by atomic mass is 127. The monoisotopic (exact) mass is 347 g/mol. The van der Waals surface area contributed by atoms with Gasteiger partial charge in [-0.1, -0.05) is 0 Å². The first kappa shape index (κ1) is 14.1. The molecule has 94 valence electrons. The van der Waals surface area contributed by atoms with Crippen molar-refractivity contribution < 1.29 is 0 Å². The van der Waals surface area contributed by atoms with E-state index in [-0.39, 0.29) is 0 Å². The number of hydrogen-bond donors (Lipinski definition) is 4. The molecular formula is C11H18IN5. The molecule has 1 aliphatic rings. The summed E-state index contributed by atoms with van der Waals surface area (Å²) >= 11 is 1.96. The first-order chi connectivity index (χ1) is 8.17. The van der Waals surface area contributed by atoms with E-state index in [2.05, 4.69) is 15.7 Å². The molecule has 0 radical (unpaired) electrons. The molecule has 0 aromatic heterocycles. The maximum atomic E-state index is 7.61. The van der Waals surface area contributed by atoms with E-state index in [1.807, 2.05) is 22.6 Å². The van der Waals surface area contributed by atoms with Crippen LogP contribution in [0.2, 0.25) is 0 Å². The molecule has 0 atom stereocenters. The van der Waals surface area contributed by atoms with Gasteiger partial charge in [0.2, 0.25) is 0 Å². The zero-order chi connectivity index (χ0) is 12.7. The zero-order valence-electron chi connectivity index (χ0n) is 9.89. The van der Waals surface area contributed by atoms with Gasteiger partial charge in [-0.15, -0.1) is 0 Å². The fraction of sp³-hybridized carbons (Fsp3) is 0.545. The van der Waals surface area contributed by atoms with Gasteiger partial charge in [0.1, 0.15) is 0 Å². The van der Waals surface area contributed by atoms with Crippen LogP contribution in [0.15, 0.2) is 28.8 Å². The largest absolute Gasteiger partial charge is 0.394 e. The molecule has 5 nitrogen and oxygen atoms in total. The fourth-order valence-electron chi connectivity index (χ4n) is 1.35. The molecule has 0 aliphatic heterocycles. The summed E-state index contributed by atoms with van der Waals surface area (Å²) in [5.74, 6) is 0.799. The topological polar surface area (TPSA) is 84.1 Å². The maximum absolute atomic E-state index is 7.61. The van der Waals surface area contributed by atoms with Crippen molar-refractivity contribution in [2.45, 2.75) is 19.3 Å². The second-order valence-corrected chi connectivity index (χ2v) is 5.13. The molecule has 1 rings (SSSR count). The summed E-state index contributed by atoms with van der Waals surface area (Å²) in [7, 11) is 1.80. The smallest absolute Gasteiger partial charge is 0.0970 e. The third kappa shape index (κ3) is 5.81. The molecule has 0 unspecified atom stereocenters. The number of nitrogens with zero attached hydrogens (tertiary/aromatic N) is 1. The van der Waals surface area contributed by atoms with Gasteiger partial charge in [-0.2, -0.15) is 5.11 Å². The number of allylic oxidation sites excluding steroid dienone is 1. The summed E-state index contributed by atoms with van der Waals surface area (Å²) in [6, 6.07) is 0. The van der Waals surface area contributed by atoms with Gasteiger partial charge < -0.3 is 10.6 Å². The van der Waals surface area contributed by atoms with Crippen LogP contribution in [0.25, 0.3) is 0 Å². The van der Waals surface area contributed by atoms with E-state index in [9.17, 15) is 0 Å². The summed E-state index contributed by atoms with van der Waals surface area (Å²) in [6.07, 6.45) is 6.67. The number of nitrogens with one attached hydrogen (secondary N) is 4. The summed E-state index contributed by atoms with van der Waals surface area (Å²) in [5, 5.41) is 17.2. The van der Waals surface area contributed by atoms with Crippen LogP contribution in [-0.4, -0.2) is 17.3 Å². The van der Waals surface area contributed by atoms with Crippen molar-refractivity contribution in [1.29, 1.82) is 10.9 Å². The Balaban J connectivity index is 2.50. The van der Waals surface area contributed by atoms with Crippen molar-refractivity contribution in [3.63, 3.8) is 0 Å². The predicted octanol–water partition coefficient (Wildman–Crippen LogP) is 2.76. The predicted molar refractivity (Wildman–Crippen MR) is 77.5 cm³/mol. The van der Waals surface area contributed by atoms with Gasteiger partial charge in [0.05, 0.1) is 9.42 Å². The third-order valence-electron chi connectivity index (χ3n) is 2.49. The van der Waals surface area contributed by atoms with Crippen LogP contribution in [0.4, 0.5) is 0 Å². The van der Waals surface area contributed by atoms with E-state index in [0.717, 1.165) is 18.0 Å². The van der Waals surface area contributed by atoms with Crippen molar-refractivity contribution in [3.05, 3.63) is 23.7 Å². The molecule has 1 aliphatic carbocycles. The summed E-state index contributed by atoms with van der Waals surface area (Å²) in [4.78, 5) is 0. The highest BCUT2D eigenvalue weighted by Gasteiger charge is 2.19. The van der Waals surface area contributed by atoms with Crippen LogP contribution in [0.3, 0.4) is 0 Å². The van der Waals surface area contributed by atoms with E-state index < -0.39 is 0 Å². The molecular weight excluding hydrogens is 329 g/mol. The number of rotatable bonds is 8. The standard InChI is InChI=1S/C11H18IN5/c1-15-6-9(11(12)13)4-10(17-14)7-16-5-8-2-3-8/h6-8,13-16H,2-5H2,1H3/b9-6-,10-7-,13-11?,17-14?. The minimum atomic E-state index is 0.466. The maximum Gasteiger partial charge on any atom is 0.0970 e. The van der Waals surface area contributed by atoms with Gasteiger partial charge in [-0.25, -0.2) is 5.53 Å². The molecule has 1 saturated carbocycles. The van der Waals surface area contributed by atoms with Crippen molar-refractivity contribution in [1.82, 2.24) is 10.6 Å². The Hall–Kier alpha value is -0.920. The minimum Gasteiger partial charge on any atom is -0.394 e. The third-order valence-corrected chi connectivity index (χ3v) is 3.18. The van der Waals surface area contributed by atoms with Crippen LogP contribution in [0.5, 0.6) is 0 Å². The van der Waals surface area contributed by atoms with Crippen LogP contribution in [0, 0.1) is 16.9 Å². The summed E-state index contributed by atoms with van der Waals surface area (Å²) in [6.45, 7) is 0.964. The fourth-order valence-corrected chi connectivity index (χ4v) is 1.70. The highest BCUT2D eigenvalue weighted by molar-refractivity contribution is 14.1. The van der Waals surface area contributed by atoms with E-state index in [4.69, 9.17) is 10.9 Å². The Morgan fingerprint density at radius 1 is 1.47 bits per heavy atom. The van der Waals surface area contributed by atoms with Gasteiger partial charge >= 0.3 is 0 Å². The van der Waals surface area contributed by atoms with Crippen LogP contribution >= 0.6 is 22.6 Å². The lowest BCUT2D eigenvalue weighted by Gasteiger charge is -2.05. The van der Waals surface area contributed by atoms with Crippen LogP contribution in [0.1, 0.15) is 19.3 Å². The Labute approximate surface area is 115 Å². The van der Waals surface area contributed by atoms with E-state index in [1.165, 1.54) is 12.8 Å². The normalized spacial score (nSPS) is 16.6. The summed E-state index contributed by atoms with van der Waals surface area (Å²) < 4.78 is 0.466. The highest BCUT2D eigenvalue weighted by Crippen LogP contribution is 2.27. The van der Waals surface area contributed by atoms with Crippen molar-refractivity contribution >= 4 is 26.3 Å². The molecule has 1 fully saturated rings. The van der Waals surface area contributed by atoms with Gasteiger partial charge in [0, 0.05) is 38.0 Å². The SMILES string of the molecule is CN/C=C(/C/C(=C/NCC1CC1)N=N)C(=N)I. The quantitative estimate of drug-likeness (QED) is 0.309. The van der Waals surface area contributed by atoms with Crippen molar-refractivity contribution in [3.8, 4) is 0 Å². The average Bonchev–Trinajstić information content (AvgIpc) is 3.10. The Kier molecular flexibility index (Phi) is 6.17. The van der Waals surface area contributed by atoms with Gasteiger partial charge in [-0.3, -0.25) is 5.41 Å². The van der Waals surface area contributed by atoms with Gasteiger partial charge in [-0.05, 0) is 41.4 Å². The van der Waals surface area contributed by atoms with Crippen LogP contribution < -0.4 is 10.6 Å². The number of halogens is 1. The Morgan fingerprint density at radius 3 is 2.65 bits per heavy atom. The first-order valence-corrected chi connectivity index (χ1v) is 6.66. The minimum absolute atomic E-state index is 0.466. The molecule has 0 amide bonds. The average molecular weight is 347 g/mol.